The fourth-order valence-corrected chi connectivity index (χ4v) is 2.77. The lowest BCUT2D eigenvalue weighted by Crippen LogP contribution is -2.26. The lowest BCUT2D eigenvalue weighted by atomic mass is 9.90. The molecule has 1 fully saturated rings. The van der Waals surface area contributed by atoms with Crippen molar-refractivity contribution in [3.63, 3.8) is 0 Å². The molecular formula is C12H18ClNO2S. The van der Waals surface area contributed by atoms with Gasteiger partial charge in [-0.1, -0.05) is 12.1 Å². The maximum absolute atomic E-state index is 11.3. The van der Waals surface area contributed by atoms with Crippen molar-refractivity contribution in [3.8, 4) is 0 Å². The molecule has 0 saturated carbocycles. The first-order valence-electron chi connectivity index (χ1n) is 5.58. The molecule has 17 heavy (non-hydrogen) atoms. The van der Waals surface area contributed by atoms with E-state index in [0.717, 1.165) is 25.9 Å². The van der Waals surface area contributed by atoms with Gasteiger partial charge in [-0.3, -0.25) is 0 Å². The molecule has 96 valence electrons. The average molecular weight is 276 g/mol. The molecule has 1 N–H and O–H groups in total. The number of sulfone groups is 1. The Bertz CT molecular complexity index is 450. The van der Waals surface area contributed by atoms with Gasteiger partial charge in [-0.2, -0.15) is 0 Å². The number of rotatable bonds is 2. The van der Waals surface area contributed by atoms with Gasteiger partial charge < -0.3 is 5.32 Å². The molecule has 1 heterocycles. The molecule has 1 aliphatic heterocycles. The molecule has 5 heteroatoms. The first-order valence-corrected chi connectivity index (χ1v) is 7.47. The van der Waals surface area contributed by atoms with Gasteiger partial charge in [0.25, 0.3) is 0 Å². The third-order valence-corrected chi connectivity index (χ3v) is 4.25. The van der Waals surface area contributed by atoms with Crippen LogP contribution in [0.2, 0.25) is 0 Å². The molecule has 1 aromatic carbocycles. The van der Waals surface area contributed by atoms with Gasteiger partial charge in [0.05, 0.1) is 4.90 Å². The van der Waals surface area contributed by atoms with Gasteiger partial charge in [0.15, 0.2) is 9.84 Å². The van der Waals surface area contributed by atoms with Crippen molar-refractivity contribution in [2.45, 2.75) is 23.7 Å². The second-order valence-electron chi connectivity index (χ2n) is 4.37. The highest BCUT2D eigenvalue weighted by Crippen LogP contribution is 2.25. The monoisotopic (exact) mass is 275 g/mol. The van der Waals surface area contributed by atoms with Gasteiger partial charge in [-0.15, -0.1) is 12.4 Å². The molecule has 3 nitrogen and oxygen atoms in total. The summed E-state index contributed by atoms with van der Waals surface area (Å²) in [5.41, 5.74) is 1.26. The van der Waals surface area contributed by atoms with Crippen molar-refractivity contribution < 1.29 is 8.42 Å². The van der Waals surface area contributed by atoms with E-state index in [9.17, 15) is 8.42 Å². The van der Waals surface area contributed by atoms with Gasteiger partial charge in [0, 0.05) is 6.26 Å². The summed E-state index contributed by atoms with van der Waals surface area (Å²) >= 11 is 0. The number of piperidine rings is 1. The Balaban J connectivity index is 0.00000144. The van der Waals surface area contributed by atoms with Crippen LogP contribution in [0.3, 0.4) is 0 Å². The summed E-state index contributed by atoms with van der Waals surface area (Å²) in [6.07, 6.45) is 3.52. The summed E-state index contributed by atoms with van der Waals surface area (Å²) in [5, 5.41) is 3.32. The fourth-order valence-electron chi connectivity index (χ4n) is 2.14. The van der Waals surface area contributed by atoms with Crippen LogP contribution in [0.15, 0.2) is 29.2 Å². The number of halogens is 1. The number of hydrogen-bond donors (Lipinski definition) is 1. The van der Waals surface area contributed by atoms with E-state index in [1.54, 1.807) is 12.1 Å². The van der Waals surface area contributed by atoms with E-state index in [2.05, 4.69) is 5.32 Å². The number of nitrogens with one attached hydrogen (secondary N) is 1. The molecular weight excluding hydrogens is 258 g/mol. The van der Waals surface area contributed by atoms with Gasteiger partial charge in [-0.05, 0) is 49.5 Å². The third-order valence-electron chi connectivity index (χ3n) is 3.12. The van der Waals surface area contributed by atoms with Crippen molar-refractivity contribution in [1.82, 2.24) is 5.32 Å². The van der Waals surface area contributed by atoms with E-state index in [1.165, 1.54) is 11.8 Å². The van der Waals surface area contributed by atoms with E-state index in [0.29, 0.717) is 10.8 Å². The summed E-state index contributed by atoms with van der Waals surface area (Å²) in [7, 11) is -3.06. The van der Waals surface area contributed by atoms with Crippen LogP contribution in [-0.4, -0.2) is 27.8 Å². The Labute approximate surface area is 109 Å². The van der Waals surface area contributed by atoms with Crippen molar-refractivity contribution in [3.05, 3.63) is 29.8 Å². The predicted octanol–water partition coefficient (Wildman–Crippen LogP) is 1.98. The molecule has 0 spiro atoms. The molecule has 0 bridgehead atoms. The normalized spacial score (nSPS) is 17.5. The SMILES string of the molecule is CS(=O)(=O)c1ccc(C2CCNCC2)cc1.Cl. The average Bonchev–Trinajstić information content (AvgIpc) is 2.29. The van der Waals surface area contributed by atoms with Gasteiger partial charge in [-0.25, -0.2) is 8.42 Å². The Morgan fingerprint density at radius 2 is 1.65 bits per heavy atom. The minimum absolute atomic E-state index is 0. The molecule has 0 amide bonds. The van der Waals surface area contributed by atoms with Crippen molar-refractivity contribution >= 4 is 22.2 Å². The first-order chi connectivity index (χ1) is 7.57. The molecule has 0 aromatic heterocycles. The van der Waals surface area contributed by atoms with Gasteiger partial charge in [0.1, 0.15) is 0 Å². The Morgan fingerprint density at radius 3 is 2.12 bits per heavy atom. The molecule has 2 rings (SSSR count). The molecule has 0 unspecified atom stereocenters. The maximum Gasteiger partial charge on any atom is 0.175 e. The predicted molar refractivity (Wildman–Crippen MR) is 71.6 cm³/mol. The number of benzene rings is 1. The quantitative estimate of drug-likeness (QED) is 0.898. The summed E-state index contributed by atoms with van der Waals surface area (Å²) in [6, 6.07) is 7.33. The largest absolute Gasteiger partial charge is 0.317 e. The van der Waals surface area contributed by atoms with E-state index in [1.807, 2.05) is 12.1 Å². The van der Waals surface area contributed by atoms with Crippen molar-refractivity contribution in [1.29, 1.82) is 0 Å². The minimum atomic E-state index is -3.06. The highest BCUT2D eigenvalue weighted by molar-refractivity contribution is 7.90. The Hall–Kier alpha value is -0.580. The zero-order valence-electron chi connectivity index (χ0n) is 9.85. The van der Waals surface area contributed by atoms with Crippen LogP contribution in [0.4, 0.5) is 0 Å². The second-order valence-corrected chi connectivity index (χ2v) is 6.38. The van der Waals surface area contributed by atoms with Crippen molar-refractivity contribution in [2.24, 2.45) is 0 Å². The smallest absolute Gasteiger partial charge is 0.175 e. The van der Waals surface area contributed by atoms with Crippen LogP contribution in [-0.2, 0) is 9.84 Å². The molecule has 1 aromatic rings. The molecule has 0 atom stereocenters. The molecule has 0 aliphatic carbocycles. The summed E-state index contributed by atoms with van der Waals surface area (Å²) in [4.78, 5) is 0.408. The Kier molecular flexibility index (Phi) is 4.98. The zero-order valence-corrected chi connectivity index (χ0v) is 11.5. The topological polar surface area (TPSA) is 46.2 Å². The van der Waals surface area contributed by atoms with Gasteiger partial charge in [0.2, 0.25) is 0 Å². The van der Waals surface area contributed by atoms with Crippen LogP contribution >= 0.6 is 12.4 Å². The number of hydrogen-bond acceptors (Lipinski definition) is 3. The van der Waals surface area contributed by atoms with Gasteiger partial charge >= 0.3 is 0 Å². The molecule has 1 aliphatic rings. The van der Waals surface area contributed by atoms with Crippen LogP contribution < -0.4 is 5.32 Å². The van der Waals surface area contributed by atoms with Crippen molar-refractivity contribution in [2.75, 3.05) is 19.3 Å². The Morgan fingerprint density at radius 1 is 1.12 bits per heavy atom. The van der Waals surface area contributed by atoms with E-state index in [4.69, 9.17) is 0 Å². The minimum Gasteiger partial charge on any atom is -0.317 e. The lowest BCUT2D eigenvalue weighted by Gasteiger charge is -2.23. The van der Waals surface area contributed by atoms with Crippen LogP contribution in [0.25, 0.3) is 0 Å². The lowest BCUT2D eigenvalue weighted by molar-refractivity contribution is 0.460. The van der Waals surface area contributed by atoms with E-state index >= 15 is 0 Å². The summed E-state index contributed by atoms with van der Waals surface area (Å²) in [6.45, 7) is 2.11. The van der Waals surface area contributed by atoms with Crippen LogP contribution in [0, 0.1) is 0 Å². The fraction of sp³-hybridized carbons (Fsp3) is 0.500. The van der Waals surface area contributed by atoms with E-state index in [-0.39, 0.29) is 12.4 Å². The standard InChI is InChI=1S/C12H17NO2S.ClH/c1-16(14,15)12-4-2-10(3-5-12)11-6-8-13-9-7-11;/h2-5,11,13H,6-9H2,1H3;1H. The zero-order chi connectivity index (χ0) is 11.6. The molecule has 1 saturated heterocycles. The summed E-state index contributed by atoms with van der Waals surface area (Å²) in [5.74, 6) is 0.579. The first kappa shape index (κ1) is 14.5. The van der Waals surface area contributed by atoms with E-state index < -0.39 is 9.84 Å². The summed E-state index contributed by atoms with van der Waals surface area (Å²) < 4.78 is 22.6. The second kappa shape index (κ2) is 5.85. The van der Waals surface area contributed by atoms with Crippen LogP contribution in [0.1, 0.15) is 24.3 Å². The molecule has 0 radical (unpaired) electrons. The third kappa shape index (κ3) is 3.69. The van der Waals surface area contributed by atoms with Crippen LogP contribution in [0.5, 0.6) is 0 Å². The highest BCUT2D eigenvalue weighted by Gasteiger charge is 2.15. The highest BCUT2D eigenvalue weighted by atomic mass is 35.5. The maximum atomic E-state index is 11.3.